The van der Waals surface area contributed by atoms with E-state index in [1.807, 2.05) is 0 Å². The molecule has 2 atom stereocenters. The van der Waals surface area contributed by atoms with Gasteiger partial charge in [0.25, 0.3) is 0 Å². The zero-order valence-corrected chi connectivity index (χ0v) is 10.0. The van der Waals surface area contributed by atoms with Gasteiger partial charge in [-0.15, -0.1) is 0 Å². The number of aliphatic hydroxyl groups excluding tert-OH is 1. The SMILES string of the molecule is CC(C)=CCCC(C)N[C@H](C)CCO. The van der Waals surface area contributed by atoms with Crippen molar-refractivity contribution in [3.63, 3.8) is 0 Å². The largest absolute Gasteiger partial charge is 0.396 e. The molecule has 0 amide bonds. The number of rotatable bonds is 7. The van der Waals surface area contributed by atoms with E-state index in [4.69, 9.17) is 5.11 Å². The van der Waals surface area contributed by atoms with Crippen LogP contribution in [0.3, 0.4) is 0 Å². The zero-order valence-electron chi connectivity index (χ0n) is 10.0. The Hall–Kier alpha value is -0.340. The third-order valence-corrected chi connectivity index (χ3v) is 2.28. The fraction of sp³-hybridized carbons (Fsp3) is 0.833. The van der Waals surface area contributed by atoms with E-state index in [1.54, 1.807) is 0 Å². The molecule has 0 aromatic heterocycles. The molecule has 0 saturated heterocycles. The first-order valence-corrected chi connectivity index (χ1v) is 5.56. The second-order valence-corrected chi connectivity index (χ2v) is 4.34. The lowest BCUT2D eigenvalue weighted by Crippen LogP contribution is -2.34. The molecular formula is C12H25NO. The minimum absolute atomic E-state index is 0.273. The molecular weight excluding hydrogens is 174 g/mol. The fourth-order valence-corrected chi connectivity index (χ4v) is 1.47. The lowest BCUT2D eigenvalue weighted by molar-refractivity contribution is 0.263. The average Bonchev–Trinajstić information content (AvgIpc) is 2.03. The van der Waals surface area contributed by atoms with Crippen molar-refractivity contribution in [1.29, 1.82) is 0 Å². The molecule has 0 heterocycles. The Labute approximate surface area is 88.4 Å². The summed E-state index contributed by atoms with van der Waals surface area (Å²) in [5.74, 6) is 0. The molecule has 0 fully saturated rings. The van der Waals surface area contributed by atoms with Gasteiger partial charge in [-0.2, -0.15) is 0 Å². The summed E-state index contributed by atoms with van der Waals surface area (Å²) in [6.07, 6.45) is 5.42. The average molecular weight is 199 g/mol. The van der Waals surface area contributed by atoms with Gasteiger partial charge in [-0.05, 0) is 47.0 Å². The quantitative estimate of drug-likeness (QED) is 0.617. The van der Waals surface area contributed by atoms with E-state index in [-0.39, 0.29) is 6.61 Å². The Balaban J connectivity index is 3.54. The van der Waals surface area contributed by atoms with Gasteiger partial charge in [0.1, 0.15) is 0 Å². The number of aliphatic hydroxyl groups is 1. The highest BCUT2D eigenvalue weighted by Gasteiger charge is 2.05. The van der Waals surface area contributed by atoms with E-state index >= 15 is 0 Å². The van der Waals surface area contributed by atoms with Crippen molar-refractivity contribution in [2.45, 2.75) is 59.0 Å². The maximum absolute atomic E-state index is 8.75. The second-order valence-electron chi connectivity index (χ2n) is 4.34. The van der Waals surface area contributed by atoms with Gasteiger partial charge in [-0.3, -0.25) is 0 Å². The molecule has 2 nitrogen and oxygen atoms in total. The Morgan fingerprint density at radius 2 is 1.79 bits per heavy atom. The summed E-state index contributed by atoms with van der Waals surface area (Å²) in [5.41, 5.74) is 1.39. The van der Waals surface area contributed by atoms with Gasteiger partial charge in [0.15, 0.2) is 0 Å². The monoisotopic (exact) mass is 199 g/mol. The van der Waals surface area contributed by atoms with E-state index < -0.39 is 0 Å². The standard InChI is InChI=1S/C12H25NO/c1-10(2)6-5-7-11(3)13-12(4)8-9-14/h6,11-14H,5,7-9H2,1-4H3/t11?,12-/m1/s1. The smallest absolute Gasteiger partial charge is 0.0445 e. The number of nitrogens with one attached hydrogen (secondary N) is 1. The summed E-state index contributed by atoms with van der Waals surface area (Å²) in [6.45, 7) is 8.86. The second kappa shape index (κ2) is 8.01. The molecule has 0 aromatic rings. The van der Waals surface area contributed by atoms with Crippen LogP contribution in [0.1, 0.15) is 47.0 Å². The van der Waals surface area contributed by atoms with Crippen LogP contribution >= 0.6 is 0 Å². The summed E-state index contributed by atoms with van der Waals surface area (Å²) in [6, 6.07) is 0.953. The van der Waals surface area contributed by atoms with Crippen LogP contribution in [-0.4, -0.2) is 23.8 Å². The summed E-state index contributed by atoms with van der Waals surface area (Å²) < 4.78 is 0. The molecule has 2 heteroatoms. The number of hydrogen-bond acceptors (Lipinski definition) is 2. The molecule has 0 rings (SSSR count). The first-order valence-electron chi connectivity index (χ1n) is 5.56. The van der Waals surface area contributed by atoms with E-state index in [0.29, 0.717) is 12.1 Å². The predicted molar refractivity (Wildman–Crippen MR) is 62.4 cm³/mol. The summed E-state index contributed by atoms with van der Waals surface area (Å²) in [7, 11) is 0. The van der Waals surface area contributed by atoms with Crippen molar-refractivity contribution in [2.24, 2.45) is 0 Å². The van der Waals surface area contributed by atoms with Crippen molar-refractivity contribution in [2.75, 3.05) is 6.61 Å². The van der Waals surface area contributed by atoms with Gasteiger partial charge in [0.2, 0.25) is 0 Å². The van der Waals surface area contributed by atoms with Crippen molar-refractivity contribution in [3.8, 4) is 0 Å². The van der Waals surface area contributed by atoms with Crippen molar-refractivity contribution in [3.05, 3.63) is 11.6 Å². The van der Waals surface area contributed by atoms with Crippen molar-refractivity contribution >= 4 is 0 Å². The summed E-state index contributed by atoms with van der Waals surface area (Å²) in [4.78, 5) is 0. The minimum atomic E-state index is 0.273. The van der Waals surface area contributed by atoms with Crippen LogP contribution in [0.4, 0.5) is 0 Å². The Morgan fingerprint density at radius 1 is 1.21 bits per heavy atom. The van der Waals surface area contributed by atoms with Gasteiger partial charge in [-0.25, -0.2) is 0 Å². The lowest BCUT2D eigenvalue weighted by atomic mass is 10.1. The van der Waals surface area contributed by atoms with Crippen LogP contribution in [-0.2, 0) is 0 Å². The summed E-state index contributed by atoms with van der Waals surface area (Å²) in [5, 5.41) is 12.2. The van der Waals surface area contributed by atoms with Gasteiger partial charge >= 0.3 is 0 Å². The van der Waals surface area contributed by atoms with E-state index in [1.165, 1.54) is 12.0 Å². The van der Waals surface area contributed by atoms with Crippen LogP contribution in [0, 0.1) is 0 Å². The molecule has 0 radical (unpaired) electrons. The Kier molecular flexibility index (Phi) is 7.81. The van der Waals surface area contributed by atoms with Crippen molar-refractivity contribution < 1.29 is 5.11 Å². The Bertz CT molecular complexity index is 162. The lowest BCUT2D eigenvalue weighted by Gasteiger charge is -2.18. The normalized spacial score (nSPS) is 14.9. The molecule has 84 valence electrons. The minimum Gasteiger partial charge on any atom is -0.396 e. The first-order chi connectivity index (χ1) is 6.56. The van der Waals surface area contributed by atoms with Crippen LogP contribution in [0.2, 0.25) is 0 Å². The third-order valence-electron chi connectivity index (χ3n) is 2.28. The molecule has 0 aliphatic carbocycles. The van der Waals surface area contributed by atoms with Crippen LogP contribution in [0.15, 0.2) is 11.6 Å². The van der Waals surface area contributed by atoms with Gasteiger partial charge in [-0.1, -0.05) is 11.6 Å². The van der Waals surface area contributed by atoms with E-state index in [0.717, 1.165) is 12.8 Å². The molecule has 0 saturated carbocycles. The highest BCUT2D eigenvalue weighted by Crippen LogP contribution is 2.02. The molecule has 0 spiro atoms. The maximum atomic E-state index is 8.75. The fourth-order valence-electron chi connectivity index (χ4n) is 1.47. The molecule has 0 aromatic carbocycles. The molecule has 2 N–H and O–H groups in total. The first kappa shape index (κ1) is 13.7. The molecule has 0 aliphatic heterocycles. The Morgan fingerprint density at radius 3 is 2.29 bits per heavy atom. The van der Waals surface area contributed by atoms with E-state index in [2.05, 4.69) is 39.1 Å². The van der Waals surface area contributed by atoms with Crippen molar-refractivity contribution in [1.82, 2.24) is 5.32 Å². The maximum Gasteiger partial charge on any atom is 0.0445 e. The van der Waals surface area contributed by atoms with E-state index in [9.17, 15) is 0 Å². The van der Waals surface area contributed by atoms with Gasteiger partial charge in [0, 0.05) is 18.7 Å². The van der Waals surface area contributed by atoms with Gasteiger partial charge in [0.05, 0.1) is 0 Å². The topological polar surface area (TPSA) is 32.3 Å². The molecule has 14 heavy (non-hydrogen) atoms. The number of allylic oxidation sites excluding steroid dienone is 2. The number of hydrogen-bond donors (Lipinski definition) is 2. The molecule has 1 unspecified atom stereocenters. The van der Waals surface area contributed by atoms with Gasteiger partial charge < -0.3 is 10.4 Å². The van der Waals surface area contributed by atoms with Crippen LogP contribution in [0.5, 0.6) is 0 Å². The highest BCUT2D eigenvalue weighted by molar-refractivity contribution is 4.93. The third kappa shape index (κ3) is 8.27. The predicted octanol–water partition coefficient (Wildman–Crippen LogP) is 2.48. The molecule has 0 bridgehead atoms. The highest BCUT2D eigenvalue weighted by atomic mass is 16.3. The molecule has 0 aliphatic rings. The summed E-state index contributed by atoms with van der Waals surface area (Å²) >= 11 is 0. The van der Waals surface area contributed by atoms with Crippen LogP contribution < -0.4 is 5.32 Å². The van der Waals surface area contributed by atoms with Crippen LogP contribution in [0.25, 0.3) is 0 Å². The zero-order chi connectivity index (χ0) is 11.0.